The molecule has 6 nitrogen and oxygen atoms in total. The third-order valence-corrected chi connectivity index (χ3v) is 3.70. The summed E-state index contributed by atoms with van der Waals surface area (Å²) in [5.74, 6) is 0.922. The number of nitrogens with one attached hydrogen (secondary N) is 1. The van der Waals surface area contributed by atoms with E-state index in [9.17, 15) is 4.79 Å². The van der Waals surface area contributed by atoms with Crippen LogP contribution in [-0.4, -0.2) is 35.0 Å². The first-order valence-corrected chi connectivity index (χ1v) is 8.17. The molecule has 0 spiro atoms. The number of aryl methyl sites for hydroxylation is 1. The number of aromatic nitrogens is 2. The Balaban J connectivity index is 1.92. The molecule has 24 heavy (non-hydrogen) atoms. The van der Waals surface area contributed by atoms with Crippen LogP contribution in [-0.2, 0) is 23.3 Å². The van der Waals surface area contributed by atoms with Gasteiger partial charge in [-0.1, -0.05) is 28.9 Å². The van der Waals surface area contributed by atoms with Crippen LogP contribution >= 0.6 is 11.6 Å². The van der Waals surface area contributed by atoms with Crippen LogP contribution in [0.3, 0.4) is 0 Å². The first-order valence-electron chi connectivity index (χ1n) is 7.79. The Bertz CT molecular complexity index is 697. The molecule has 130 valence electrons. The van der Waals surface area contributed by atoms with E-state index in [1.165, 1.54) is 0 Å². The lowest BCUT2D eigenvalue weighted by molar-refractivity contribution is -0.122. The molecule has 7 heteroatoms. The molecule has 1 heterocycles. The fourth-order valence-electron chi connectivity index (χ4n) is 2.26. The van der Waals surface area contributed by atoms with Crippen molar-refractivity contribution in [2.24, 2.45) is 0 Å². The predicted octanol–water partition coefficient (Wildman–Crippen LogP) is 2.77. The van der Waals surface area contributed by atoms with E-state index in [2.05, 4.69) is 15.5 Å². The summed E-state index contributed by atoms with van der Waals surface area (Å²) in [6.45, 7) is 4.27. The minimum absolute atomic E-state index is 0.0704. The highest BCUT2D eigenvalue weighted by atomic mass is 35.5. The summed E-state index contributed by atoms with van der Waals surface area (Å²) in [6.07, 6.45) is 0.993. The number of nitrogens with zero attached hydrogens (tertiary/aromatic N) is 3. The van der Waals surface area contributed by atoms with Crippen LogP contribution in [0.25, 0.3) is 0 Å². The third-order valence-electron chi connectivity index (χ3n) is 3.46. The number of rotatable bonds is 7. The highest BCUT2D eigenvalue weighted by Crippen LogP contribution is 2.18. The van der Waals surface area contributed by atoms with Crippen molar-refractivity contribution in [3.8, 4) is 0 Å². The summed E-state index contributed by atoms with van der Waals surface area (Å²) in [7, 11) is 3.85. The molecule has 2 aromatic rings. The largest absolute Gasteiger partial charge is 0.344 e. The topological polar surface area (TPSA) is 71.3 Å². The van der Waals surface area contributed by atoms with Crippen LogP contribution < -0.4 is 5.32 Å². The molecule has 1 N–H and O–H groups in total. The van der Waals surface area contributed by atoms with Crippen molar-refractivity contribution in [3.63, 3.8) is 0 Å². The van der Waals surface area contributed by atoms with E-state index in [0.29, 0.717) is 36.1 Å². The van der Waals surface area contributed by atoms with Gasteiger partial charge in [-0.25, -0.2) is 0 Å². The highest BCUT2D eigenvalue weighted by molar-refractivity contribution is 6.30. The van der Waals surface area contributed by atoms with Gasteiger partial charge in [0.2, 0.25) is 11.8 Å². The van der Waals surface area contributed by atoms with E-state index >= 15 is 0 Å². The smallest absolute Gasteiger partial charge is 0.240 e. The lowest BCUT2D eigenvalue weighted by Gasteiger charge is -2.22. The number of halogens is 1. The first-order chi connectivity index (χ1) is 11.3. The molecule has 0 atom stereocenters. The van der Waals surface area contributed by atoms with Gasteiger partial charge < -0.3 is 14.7 Å². The van der Waals surface area contributed by atoms with E-state index < -0.39 is 5.54 Å². The lowest BCUT2D eigenvalue weighted by Crippen LogP contribution is -2.42. The van der Waals surface area contributed by atoms with Crippen LogP contribution in [0.4, 0.5) is 0 Å². The van der Waals surface area contributed by atoms with Crippen molar-refractivity contribution in [1.29, 1.82) is 0 Å². The van der Waals surface area contributed by atoms with Gasteiger partial charge in [-0.15, -0.1) is 0 Å². The Morgan fingerprint density at radius 1 is 1.38 bits per heavy atom. The molecule has 0 unspecified atom stereocenters. The zero-order valence-corrected chi connectivity index (χ0v) is 15.2. The predicted molar refractivity (Wildman–Crippen MR) is 92.6 cm³/mol. The molecule has 0 saturated carbocycles. The summed E-state index contributed by atoms with van der Waals surface area (Å²) >= 11 is 5.95. The average molecular weight is 351 g/mol. The van der Waals surface area contributed by atoms with Gasteiger partial charge in [-0.2, -0.15) is 4.98 Å². The minimum atomic E-state index is -0.695. The van der Waals surface area contributed by atoms with Crippen molar-refractivity contribution in [2.45, 2.75) is 38.8 Å². The van der Waals surface area contributed by atoms with Crippen LogP contribution in [0.5, 0.6) is 0 Å². The Kier molecular flexibility index (Phi) is 5.96. The van der Waals surface area contributed by atoms with Crippen LogP contribution in [0.1, 0.15) is 37.5 Å². The molecule has 0 aliphatic rings. The fraction of sp³-hybridized carbons (Fsp3) is 0.471. The second-order valence-corrected chi connectivity index (χ2v) is 6.99. The van der Waals surface area contributed by atoms with Crippen molar-refractivity contribution in [1.82, 2.24) is 20.4 Å². The molecule has 0 aliphatic heterocycles. The number of carbonyl (C=O) groups excluding carboxylic acids is 1. The zero-order valence-electron chi connectivity index (χ0n) is 14.5. The number of carbonyl (C=O) groups is 1. The third kappa shape index (κ3) is 5.32. The van der Waals surface area contributed by atoms with Crippen molar-refractivity contribution in [3.05, 3.63) is 46.6 Å². The van der Waals surface area contributed by atoms with Gasteiger partial charge in [0.25, 0.3) is 0 Å². The van der Waals surface area contributed by atoms with Crippen molar-refractivity contribution in [2.75, 3.05) is 14.1 Å². The Labute approximate surface area is 147 Å². The Morgan fingerprint density at radius 3 is 2.79 bits per heavy atom. The van der Waals surface area contributed by atoms with Crippen LogP contribution in [0.2, 0.25) is 5.02 Å². The minimum Gasteiger partial charge on any atom is -0.344 e. The average Bonchev–Trinajstić information content (AvgIpc) is 2.93. The molecule has 0 saturated heterocycles. The summed E-state index contributed by atoms with van der Waals surface area (Å²) < 4.78 is 5.22. The summed E-state index contributed by atoms with van der Waals surface area (Å²) in [5, 5.41) is 7.61. The maximum atomic E-state index is 12.2. The van der Waals surface area contributed by atoms with Gasteiger partial charge in [0.1, 0.15) is 0 Å². The van der Waals surface area contributed by atoms with Crippen molar-refractivity contribution < 1.29 is 9.32 Å². The van der Waals surface area contributed by atoms with Gasteiger partial charge in [-0.05, 0) is 52.1 Å². The summed E-state index contributed by atoms with van der Waals surface area (Å²) in [6, 6.07) is 7.52. The fourth-order valence-corrected chi connectivity index (χ4v) is 2.47. The number of hydrogen-bond acceptors (Lipinski definition) is 5. The Morgan fingerprint density at radius 2 is 2.12 bits per heavy atom. The SMILES string of the molecule is CN(C)Cc1nc(C(C)(C)NC(=O)CCc2cccc(Cl)c2)no1. The van der Waals surface area contributed by atoms with Crippen LogP contribution in [0, 0.1) is 0 Å². The van der Waals surface area contributed by atoms with E-state index in [0.717, 1.165) is 5.56 Å². The zero-order chi connectivity index (χ0) is 17.7. The summed E-state index contributed by atoms with van der Waals surface area (Å²) in [4.78, 5) is 18.5. The highest BCUT2D eigenvalue weighted by Gasteiger charge is 2.28. The molecule has 0 bridgehead atoms. The number of hydrogen-bond donors (Lipinski definition) is 1. The standard InChI is InChI=1S/C17H23ClN4O2/c1-17(2,16-19-15(24-21-16)11-22(3)4)20-14(23)9-8-12-6-5-7-13(18)10-12/h5-7,10H,8-9,11H2,1-4H3,(H,20,23). The van der Waals surface area contributed by atoms with Crippen molar-refractivity contribution >= 4 is 17.5 Å². The molecule has 1 amide bonds. The van der Waals surface area contributed by atoms with Gasteiger partial charge in [-0.3, -0.25) is 4.79 Å². The molecule has 2 rings (SSSR count). The van der Waals surface area contributed by atoms with E-state index in [-0.39, 0.29) is 5.91 Å². The summed E-state index contributed by atoms with van der Waals surface area (Å²) in [5.41, 5.74) is 0.336. The molecular weight excluding hydrogens is 328 g/mol. The molecule has 0 fully saturated rings. The second-order valence-electron chi connectivity index (χ2n) is 6.55. The number of benzene rings is 1. The molecule has 1 aromatic carbocycles. The first kappa shape index (κ1) is 18.4. The quantitative estimate of drug-likeness (QED) is 0.831. The van der Waals surface area contributed by atoms with Gasteiger partial charge in [0.15, 0.2) is 5.82 Å². The lowest BCUT2D eigenvalue weighted by atomic mass is 10.0. The normalized spacial score (nSPS) is 11.8. The van der Waals surface area contributed by atoms with E-state index in [1.807, 2.05) is 57.1 Å². The van der Waals surface area contributed by atoms with E-state index in [4.69, 9.17) is 16.1 Å². The van der Waals surface area contributed by atoms with Gasteiger partial charge >= 0.3 is 0 Å². The van der Waals surface area contributed by atoms with Crippen LogP contribution in [0.15, 0.2) is 28.8 Å². The van der Waals surface area contributed by atoms with E-state index in [1.54, 1.807) is 0 Å². The molecule has 0 radical (unpaired) electrons. The Hall–Kier alpha value is -1.92. The maximum Gasteiger partial charge on any atom is 0.240 e. The molecule has 1 aromatic heterocycles. The second kappa shape index (κ2) is 7.77. The monoisotopic (exact) mass is 350 g/mol. The maximum absolute atomic E-state index is 12.2. The molecular formula is C17H23ClN4O2. The molecule has 0 aliphatic carbocycles. The van der Waals surface area contributed by atoms with Gasteiger partial charge in [0, 0.05) is 11.4 Å². The van der Waals surface area contributed by atoms with Gasteiger partial charge in [0.05, 0.1) is 12.1 Å². The number of amides is 1.